The highest BCUT2D eigenvalue weighted by molar-refractivity contribution is 5.76. The zero-order valence-corrected chi connectivity index (χ0v) is 52.6. The molecule has 0 aliphatic heterocycles. The third-order valence-electron chi connectivity index (χ3n) is 17.3. The van der Waals surface area contributed by atoms with Gasteiger partial charge in [-0.25, -0.2) is 0 Å². The van der Waals surface area contributed by atoms with Gasteiger partial charge in [0.15, 0.2) is 0 Å². The molecule has 1 amide bonds. The summed E-state index contributed by atoms with van der Waals surface area (Å²) in [5.41, 5.74) is 0. The molecule has 0 aromatic rings. The van der Waals surface area contributed by atoms with Gasteiger partial charge in [-0.2, -0.15) is 0 Å². The van der Waals surface area contributed by atoms with Crippen LogP contribution in [0.2, 0.25) is 0 Å². The van der Waals surface area contributed by atoms with Crippen LogP contribution >= 0.6 is 0 Å². The van der Waals surface area contributed by atoms with Crippen LogP contribution in [0.25, 0.3) is 0 Å². The van der Waals surface area contributed by atoms with Gasteiger partial charge < -0.3 is 15.5 Å². The van der Waals surface area contributed by atoms with Crippen LogP contribution in [0.1, 0.15) is 425 Å². The quantitative estimate of drug-likeness (QED) is 0.0420. The molecule has 0 aromatic carbocycles. The topological polar surface area (TPSA) is 69.6 Å². The van der Waals surface area contributed by atoms with E-state index in [4.69, 9.17) is 0 Å². The van der Waals surface area contributed by atoms with E-state index in [1.165, 1.54) is 372 Å². The van der Waals surface area contributed by atoms with Gasteiger partial charge >= 0.3 is 0 Å². The largest absolute Gasteiger partial charge is 0.394 e. The molecular formula is C72H143NO3. The fraction of sp³-hybridized carbons (Fsp3) is 0.958. The first-order valence-corrected chi connectivity index (χ1v) is 35.9. The van der Waals surface area contributed by atoms with Crippen molar-refractivity contribution in [3.63, 3.8) is 0 Å². The lowest BCUT2D eigenvalue weighted by molar-refractivity contribution is -0.123. The first-order chi connectivity index (χ1) is 37.7. The van der Waals surface area contributed by atoms with Crippen molar-refractivity contribution in [2.45, 2.75) is 437 Å². The first kappa shape index (κ1) is 75.1. The molecule has 0 radical (unpaired) electrons. The number of amides is 1. The van der Waals surface area contributed by atoms with Crippen molar-refractivity contribution in [3.05, 3.63) is 12.2 Å². The summed E-state index contributed by atoms with van der Waals surface area (Å²) in [4.78, 5) is 12.6. The Labute approximate surface area is 479 Å². The van der Waals surface area contributed by atoms with E-state index in [1.807, 2.05) is 0 Å². The molecule has 0 saturated carbocycles. The highest BCUT2D eigenvalue weighted by atomic mass is 16.3. The number of unbranched alkanes of at least 4 members (excludes halogenated alkanes) is 59. The van der Waals surface area contributed by atoms with E-state index >= 15 is 0 Å². The van der Waals surface area contributed by atoms with E-state index in [1.54, 1.807) is 0 Å². The summed E-state index contributed by atoms with van der Waals surface area (Å²) in [5, 5.41) is 23.5. The Balaban J connectivity index is 3.36. The molecule has 0 aliphatic rings. The van der Waals surface area contributed by atoms with Gasteiger partial charge in [-0.1, -0.05) is 392 Å². The number of rotatable bonds is 68. The molecule has 0 fully saturated rings. The SMILES string of the molecule is CCCCCCCCCC/C=C\CCCCCCCCCCCCCCCCCCCCCC(=O)NC(CO)C(O)CCCCCCCCCCCCCCCCCCCCCCCCCCCCCCCCCCC. The molecule has 76 heavy (non-hydrogen) atoms. The second-order valence-corrected chi connectivity index (χ2v) is 25.0. The Morgan fingerprint density at radius 2 is 0.500 bits per heavy atom. The van der Waals surface area contributed by atoms with Crippen molar-refractivity contribution in [1.29, 1.82) is 0 Å². The fourth-order valence-corrected chi connectivity index (χ4v) is 11.8. The van der Waals surface area contributed by atoms with Crippen LogP contribution in [0.5, 0.6) is 0 Å². The minimum absolute atomic E-state index is 0.0206. The van der Waals surface area contributed by atoms with Crippen LogP contribution in [0.4, 0.5) is 0 Å². The normalized spacial score (nSPS) is 12.6. The zero-order chi connectivity index (χ0) is 54.8. The summed E-state index contributed by atoms with van der Waals surface area (Å²) >= 11 is 0. The van der Waals surface area contributed by atoms with Crippen LogP contribution in [-0.2, 0) is 4.79 Å². The summed E-state index contributed by atoms with van der Waals surface area (Å²) in [6.45, 7) is 4.41. The monoisotopic (exact) mass is 1070 g/mol. The Hall–Kier alpha value is -0.870. The molecule has 2 unspecified atom stereocenters. The number of hydrogen-bond acceptors (Lipinski definition) is 3. The molecule has 3 N–H and O–H groups in total. The summed E-state index contributed by atoms with van der Waals surface area (Å²) in [5.74, 6) is -0.0206. The standard InChI is InChI=1S/C72H143NO3/c1-3-5-7-9-11-13-15-17-19-21-23-25-27-29-31-33-35-36-38-39-41-43-45-47-49-51-53-55-57-59-61-63-65-67-71(75)70(69-74)73-72(76)68-66-64-62-60-58-56-54-52-50-48-46-44-42-40-37-34-32-30-28-26-24-22-20-18-16-14-12-10-8-6-4-2/h22,24,70-71,74-75H,3-21,23,25-69H2,1-2H3,(H,73,76)/b24-22-. The minimum Gasteiger partial charge on any atom is -0.394 e. The van der Waals surface area contributed by atoms with Gasteiger partial charge in [0.05, 0.1) is 18.8 Å². The van der Waals surface area contributed by atoms with Crippen LogP contribution < -0.4 is 5.32 Å². The lowest BCUT2D eigenvalue weighted by Crippen LogP contribution is -2.45. The second-order valence-electron chi connectivity index (χ2n) is 25.0. The van der Waals surface area contributed by atoms with Gasteiger partial charge in [-0.3, -0.25) is 4.79 Å². The van der Waals surface area contributed by atoms with Crippen molar-refractivity contribution < 1.29 is 15.0 Å². The Morgan fingerprint density at radius 3 is 0.724 bits per heavy atom. The van der Waals surface area contributed by atoms with E-state index in [9.17, 15) is 15.0 Å². The lowest BCUT2D eigenvalue weighted by Gasteiger charge is -2.22. The highest BCUT2D eigenvalue weighted by Gasteiger charge is 2.20. The van der Waals surface area contributed by atoms with Crippen molar-refractivity contribution in [2.24, 2.45) is 0 Å². The number of allylic oxidation sites excluding steroid dienone is 2. The van der Waals surface area contributed by atoms with Gasteiger partial charge in [-0.15, -0.1) is 0 Å². The maximum absolute atomic E-state index is 12.6. The fourth-order valence-electron chi connectivity index (χ4n) is 11.8. The molecular weight excluding hydrogens is 927 g/mol. The average molecular weight is 1070 g/mol. The molecule has 0 rings (SSSR count). The minimum atomic E-state index is -0.658. The molecule has 0 heterocycles. The number of hydrogen-bond donors (Lipinski definition) is 3. The Kier molecular flexibility index (Phi) is 67.6. The summed E-state index contributed by atoms with van der Waals surface area (Å²) in [6.07, 6.45) is 91.4. The third kappa shape index (κ3) is 64.0. The number of carbonyl (C=O) groups excluding carboxylic acids is 1. The van der Waals surface area contributed by atoms with E-state index in [0.29, 0.717) is 12.8 Å². The number of aliphatic hydroxyl groups is 2. The van der Waals surface area contributed by atoms with Crippen LogP contribution in [0.15, 0.2) is 12.2 Å². The molecule has 0 saturated heterocycles. The second kappa shape index (κ2) is 68.4. The van der Waals surface area contributed by atoms with Crippen LogP contribution in [-0.4, -0.2) is 34.9 Å². The van der Waals surface area contributed by atoms with Gasteiger partial charge in [0, 0.05) is 6.42 Å². The Morgan fingerprint density at radius 1 is 0.303 bits per heavy atom. The van der Waals surface area contributed by atoms with Gasteiger partial charge in [0.25, 0.3) is 0 Å². The summed E-state index contributed by atoms with van der Waals surface area (Å²) in [7, 11) is 0. The molecule has 4 heteroatoms. The molecule has 0 aliphatic carbocycles. The predicted octanol–water partition coefficient (Wildman–Crippen LogP) is 24.4. The van der Waals surface area contributed by atoms with E-state index < -0.39 is 12.1 Å². The molecule has 2 atom stereocenters. The smallest absolute Gasteiger partial charge is 0.220 e. The van der Waals surface area contributed by atoms with Crippen molar-refractivity contribution in [1.82, 2.24) is 5.32 Å². The molecule has 0 spiro atoms. The van der Waals surface area contributed by atoms with Gasteiger partial charge in [0.1, 0.15) is 0 Å². The Bertz CT molecular complexity index is 1080. The van der Waals surface area contributed by atoms with Gasteiger partial charge in [-0.05, 0) is 38.5 Å². The average Bonchev–Trinajstić information content (AvgIpc) is 3.42. The predicted molar refractivity (Wildman–Crippen MR) is 341 cm³/mol. The molecule has 454 valence electrons. The zero-order valence-electron chi connectivity index (χ0n) is 52.6. The molecule has 0 aromatic heterocycles. The molecule has 0 bridgehead atoms. The number of carbonyl (C=O) groups is 1. The third-order valence-corrected chi connectivity index (χ3v) is 17.3. The number of nitrogens with one attached hydrogen (secondary N) is 1. The highest BCUT2D eigenvalue weighted by Crippen LogP contribution is 2.20. The first-order valence-electron chi connectivity index (χ1n) is 35.9. The van der Waals surface area contributed by atoms with E-state index in [2.05, 4.69) is 31.3 Å². The van der Waals surface area contributed by atoms with E-state index in [0.717, 1.165) is 25.7 Å². The number of aliphatic hydroxyl groups excluding tert-OH is 2. The van der Waals surface area contributed by atoms with Crippen LogP contribution in [0, 0.1) is 0 Å². The maximum atomic E-state index is 12.6. The maximum Gasteiger partial charge on any atom is 0.220 e. The lowest BCUT2D eigenvalue weighted by atomic mass is 10.0. The van der Waals surface area contributed by atoms with Gasteiger partial charge in [0.2, 0.25) is 5.91 Å². The van der Waals surface area contributed by atoms with Crippen molar-refractivity contribution in [2.75, 3.05) is 6.61 Å². The van der Waals surface area contributed by atoms with E-state index in [-0.39, 0.29) is 12.5 Å². The van der Waals surface area contributed by atoms with Crippen LogP contribution in [0.3, 0.4) is 0 Å². The van der Waals surface area contributed by atoms with Crippen molar-refractivity contribution in [3.8, 4) is 0 Å². The summed E-state index contributed by atoms with van der Waals surface area (Å²) in [6, 6.07) is -0.535. The molecule has 4 nitrogen and oxygen atoms in total. The van der Waals surface area contributed by atoms with Crippen molar-refractivity contribution >= 4 is 5.91 Å². The summed E-state index contributed by atoms with van der Waals surface area (Å²) < 4.78 is 0.